The van der Waals surface area contributed by atoms with E-state index in [-0.39, 0.29) is 23.6 Å². The van der Waals surface area contributed by atoms with Crippen molar-refractivity contribution in [1.29, 1.82) is 0 Å². The van der Waals surface area contributed by atoms with Crippen molar-refractivity contribution < 1.29 is 14.3 Å². The van der Waals surface area contributed by atoms with Gasteiger partial charge >= 0.3 is 12.1 Å². The maximum absolute atomic E-state index is 12.7. The molecule has 0 N–H and O–H groups in total. The first-order valence-corrected chi connectivity index (χ1v) is 19.8. The average molecular weight is 688 g/mol. The van der Waals surface area contributed by atoms with E-state index in [0.29, 0.717) is 25.1 Å². The maximum Gasteiger partial charge on any atom is 0.409 e. The molecule has 6 atom stereocenters. The number of ether oxygens (including phenoxy) is 2. The molecule has 4 aliphatic heterocycles. The van der Waals surface area contributed by atoms with Crippen molar-refractivity contribution in [2.75, 3.05) is 50.8 Å². The van der Waals surface area contributed by atoms with Gasteiger partial charge in [-0.3, -0.25) is 4.90 Å². The molecular weight excluding hydrogens is 635 g/mol. The van der Waals surface area contributed by atoms with Crippen molar-refractivity contribution in [3.8, 4) is 18.4 Å². The van der Waals surface area contributed by atoms with Crippen LogP contribution in [0.1, 0.15) is 105 Å². The summed E-state index contributed by atoms with van der Waals surface area (Å²) in [5, 5.41) is 1.13. The summed E-state index contributed by atoms with van der Waals surface area (Å²) < 4.78 is 12.6. The van der Waals surface area contributed by atoms with Gasteiger partial charge in [0, 0.05) is 49.1 Å². The van der Waals surface area contributed by atoms with E-state index in [4.69, 9.17) is 25.9 Å². The standard InChI is InChI=1S/C43H53N5O3/c1-4-32-9-7-10-33-21-28(2)22-37(38(32)33)35-13-14-36-39(29(35)3)44-41(45-40(36)47-24-30-11-12-31(23-30)25-47)51-27-43-16-8-20-48(43)34(15-17-43)26-50-42(49)46-18-5-6-19-46/h1,7,9-10,13-14,28,30-31,34,37H,5-6,8,11-12,15-27H2,2-3H3/t28-,30?,31?,34?,37+,43?/m1/s1. The van der Waals surface area contributed by atoms with Crippen LogP contribution in [-0.2, 0) is 11.2 Å². The SMILES string of the molecule is C#Cc1cccc2c1[C@H](c1ccc3c(N4CC5CCC(C5)C4)nc(OCC45CCCN4C(COC(=O)N4CCCC4)CC5)nc3c1C)C[C@H](C)C2. The number of aromatic nitrogens is 2. The smallest absolute Gasteiger partial charge is 0.409 e. The molecule has 2 aliphatic carbocycles. The number of hydrogen-bond donors (Lipinski definition) is 0. The molecule has 8 heteroatoms. The maximum atomic E-state index is 12.7. The van der Waals surface area contributed by atoms with Crippen LogP contribution in [0, 0.1) is 37.0 Å². The zero-order valence-electron chi connectivity index (χ0n) is 30.5. The van der Waals surface area contributed by atoms with Crippen LogP contribution in [0.3, 0.4) is 0 Å². The summed E-state index contributed by atoms with van der Waals surface area (Å²) in [7, 11) is 0. The highest BCUT2D eigenvalue weighted by Crippen LogP contribution is 2.46. The van der Waals surface area contributed by atoms with Crippen LogP contribution < -0.4 is 9.64 Å². The fourth-order valence-electron chi connectivity index (χ4n) is 11.1. The molecule has 1 saturated carbocycles. The number of likely N-dealkylation sites (tertiary alicyclic amines) is 1. The normalized spacial score (nSPS) is 30.0. The Morgan fingerprint density at radius 2 is 1.82 bits per heavy atom. The van der Waals surface area contributed by atoms with Crippen LogP contribution in [-0.4, -0.2) is 83.4 Å². The molecule has 51 heavy (non-hydrogen) atoms. The van der Waals surface area contributed by atoms with Gasteiger partial charge in [-0.05, 0) is 136 Å². The summed E-state index contributed by atoms with van der Waals surface area (Å²) in [6.45, 7) is 10.4. The summed E-state index contributed by atoms with van der Waals surface area (Å²) in [5.74, 6) is 6.32. The highest BCUT2D eigenvalue weighted by Gasteiger charge is 2.50. The molecule has 2 aromatic carbocycles. The summed E-state index contributed by atoms with van der Waals surface area (Å²) in [6.07, 6.45) is 18.5. The van der Waals surface area contributed by atoms with Crippen LogP contribution >= 0.6 is 0 Å². The predicted molar refractivity (Wildman–Crippen MR) is 200 cm³/mol. The Kier molecular flexibility index (Phi) is 8.61. The monoisotopic (exact) mass is 687 g/mol. The van der Waals surface area contributed by atoms with Gasteiger partial charge in [0.05, 0.1) is 11.1 Å². The first-order chi connectivity index (χ1) is 24.9. The molecule has 9 rings (SSSR count). The van der Waals surface area contributed by atoms with Crippen molar-refractivity contribution in [1.82, 2.24) is 19.8 Å². The number of carbonyl (C=O) groups is 1. The fraction of sp³-hybridized carbons (Fsp3) is 0.605. The second-order valence-corrected chi connectivity index (χ2v) is 16.8. The molecular formula is C43H53N5O3. The lowest BCUT2D eigenvalue weighted by Crippen LogP contribution is -2.48. The van der Waals surface area contributed by atoms with Gasteiger partial charge in [0.2, 0.25) is 0 Å². The lowest BCUT2D eigenvalue weighted by molar-refractivity contribution is 0.0463. The zero-order valence-corrected chi connectivity index (χ0v) is 30.5. The van der Waals surface area contributed by atoms with Gasteiger partial charge < -0.3 is 19.3 Å². The van der Waals surface area contributed by atoms with E-state index in [1.54, 1.807) is 0 Å². The van der Waals surface area contributed by atoms with Gasteiger partial charge in [-0.25, -0.2) is 4.79 Å². The number of piperidine rings is 1. The van der Waals surface area contributed by atoms with Crippen molar-refractivity contribution in [3.63, 3.8) is 0 Å². The van der Waals surface area contributed by atoms with Crippen molar-refractivity contribution >= 4 is 22.8 Å². The van der Waals surface area contributed by atoms with E-state index < -0.39 is 0 Å². The molecule has 5 heterocycles. The van der Waals surface area contributed by atoms with Gasteiger partial charge in [-0.2, -0.15) is 9.97 Å². The number of carbonyl (C=O) groups excluding carboxylic acids is 1. The Labute approximate surface area is 303 Å². The number of amides is 1. The summed E-state index contributed by atoms with van der Waals surface area (Å²) in [6, 6.07) is 11.8. The number of fused-ring (bicyclic) bond motifs is 5. The van der Waals surface area contributed by atoms with Gasteiger partial charge in [0.1, 0.15) is 19.0 Å². The molecule has 6 aliphatic rings. The molecule has 0 spiro atoms. The third-order valence-electron chi connectivity index (χ3n) is 13.6. The Morgan fingerprint density at radius 1 is 1.00 bits per heavy atom. The number of benzene rings is 2. The largest absolute Gasteiger partial charge is 0.461 e. The van der Waals surface area contributed by atoms with E-state index in [9.17, 15) is 4.79 Å². The first-order valence-electron chi connectivity index (χ1n) is 19.8. The Balaban J connectivity index is 1.03. The second kappa shape index (κ2) is 13.3. The van der Waals surface area contributed by atoms with E-state index in [1.807, 2.05) is 4.90 Å². The fourth-order valence-corrected chi connectivity index (χ4v) is 11.1. The Bertz CT molecular complexity index is 1850. The Hall–Kier alpha value is -3.83. The van der Waals surface area contributed by atoms with Gasteiger partial charge in [-0.1, -0.05) is 31.0 Å². The van der Waals surface area contributed by atoms with E-state index in [1.165, 1.54) is 41.5 Å². The van der Waals surface area contributed by atoms with Crippen molar-refractivity contribution in [2.45, 2.75) is 102 Å². The van der Waals surface area contributed by atoms with E-state index in [2.05, 4.69) is 59.9 Å². The van der Waals surface area contributed by atoms with Crippen LogP contribution in [0.25, 0.3) is 10.9 Å². The van der Waals surface area contributed by atoms with E-state index >= 15 is 0 Å². The molecule has 1 aromatic heterocycles. The van der Waals surface area contributed by atoms with Gasteiger partial charge in [0.15, 0.2) is 0 Å². The molecule has 0 radical (unpaired) electrons. The van der Waals surface area contributed by atoms with Crippen LogP contribution in [0.5, 0.6) is 6.01 Å². The second-order valence-electron chi connectivity index (χ2n) is 16.8. The number of nitrogens with zero attached hydrogens (tertiary/aromatic N) is 5. The third kappa shape index (κ3) is 5.94. The third-order valence-corrected chi connectivity index (χ3v) is 13.6. The summed E-state index contributed by atoms with van der Waals surface area (Å²) in [5.41, 5.74) is 7.17. The zero-order chi connectivity index (χ0) is 34.7. The lowest BCUT2D eigenvalue weighted by atomic mass is 9.72. The molecule has 8 nitrogen and oxygen atoms in total. The Morgan fingerprint density at radius 3 is 2.63 bits per heavy atom. The number of terminal acetylenes is 1. The topological polar surface area (TPSA) is 71.0 Å². The minimum Gasteiger partial charge on any atom is -0.461 e. The van der Waals surface area contributed by atoms with Crippen molar-refractivity contribution in [3.05, 3.63) is 58.1 Å². The van der Waals surface area contributed by atoms with Crippen LogP contribution in [0.4, 0.5) is 10.6 Å². The molecule has 3 aromatic rings. The molecule has 5 fully saturated rings. The predicted octanol–water partition coefficient (Wildman–Crippen LogP) is 7.48. The molecule has 4 saturated heterocycles. The molecule has 268 valence electrons. The molecule has 2 bridgehead atoms. The number of rotatable bonds is 7. The highest BCUT2D eigenvalue weighted by atomic mass is 16.6. The van der Waals surface area contributed by atoms with Crippen molar-refractivity contribution in [2.24, 2.45) is 17.8 Å². The molecule has 1 amide bonds. The molecule has 4 unspecified atom stereocenters. The van der Waals surface area contributed by atoms with Crippen LogP contribution in [0.2, 0.25) is 0 Å². The van der Waals surface area contributed by atoms with Crippen LogP contribution in [0.15, 0.2) is 30.3 Å². The lowest BCUT2D eigenvalue weighted by Gasteiger charge is -2.35. The minimum atomic E-state index is -0.153. The average Bonchev–Trinajstić information content (AvgIpc) is 3.95. The summed E-state index contributed by atoms with van der Waals surface area (Å²) >= 11 is 0. The van der Waals surface area contributed by atoms with E-state index in [0.717, 1.165) is 118 Å². The number of anilines is 1. The highest BCUT2D eigenvalue weighted by molar-refractivity contribution is 5.93. The van der Waals surface area contributed by atoms with Gasteiger partial charge in [0.25, 0.3) is 0 Å². The quantitative estimate of drug-likeness (QED) is 0.239. The number of aryl methyl sites for hydroxylation is 1. The number of hydrogen-bond acceptors (Lipinski definition) is 7. The summed E-state index contributed by atoms with van der Waals surface area (Å²) in [4.78, 5) is 30.2. The minimum absolute atomic E-state index is 0.0715. The first kappa shape index (κ1) is 33.0. The van der Waals surface area contributed by atoms with Gasteiger partial charge in [-0.15, -0.1) is 6.42 Å².